The van der Waals surface area contributed by atoms with Gasteiger partial charge in [0.2, 0.25) is 0 Å². The van der Waals surface area contributed by atoms with Crippen LogP contribution >= 0.6 is 0 Å². The Kier molecular flexibility index (Phi) is 1.83. The highest BCUT2D eigenvalue weighted by atomic mass is 16.1. The molecule has 1 rings (SSSR count). The Morgan fingerprint density at radius 1 is 1.89 bits per heavy atom. The van der Waals surface area contributed by atoms with E-state index < -0.39 is 0 Å². The Morgan fingerprint density at radius 2 is 2.67 bits per heavy atom. The van der Waals surface area contributed by atoms with Gasteiger partial charge in [0, 0.05) is 6.42 Å². The molecule has 1 aliphatic carbocycles. The van der Waals surface area contributed by atoms with Gasteiger partial charge < -0.3 is 0 Å². The van der Waals surface area contributed by atoms with E-state index in [1.807, 2.05) is 12.2 Å². The van der Waals surface area contributed by atoms with Gasteiger partial charge in [0.25, 0.3) is 0 Å². The van der Waals surface area contributed by atoms with E-state index in [4.69, 9.17) is 0 Å². The largest absolute Gasteiger partial charge is 0.295 e. The molecule has 0 unspecified atom stereocenters. The van der Waals surface area contributed by atoms with Crippen molar-refractivity contribution in [2.45, 2.75) is 12.8 Å². The van der Waals surface area contributed by atoms with E-state index in [1.54, 1.807) is 6.08 Å². The summed E-state index contributed by atoms with van der Waals surface area (Å²) in [5.74, 6) is 0.692. The molecule has 0 bridgehead atoms. The Bertz CT molecular complexity index is 156. The summed E-state index contributed by atoms with van der Waals surface area (Å²) < 4.78 is 0. The fourth-order valence-electron chi connectivity index (χ4n) is 1.01. The van der Waals surface area contributed by atoms with Crippen molar-refractivity contribution in [3.8, 4) is 0 Å². The minimum Gasteiger partial charge on any atom is -0.295 e. The molecule has 1 heteroatoms. The van der Waals surface area contributed by atoms with E-state index >= 15 is 0 Å². The van der Waals surface area contributed by atoms with Crippen molar-refractivity contribution in [1.29, 1.82) is 0 Å². The van der Waals surface area contributed by atoms with Crippen LogP contribution in [0.2, 0.25) is 0 Å². The second-order valence-corrected chi connectivity index (χ2v) is 2.31. The van der Waals surface area contributed by atoms with Crippen molar-refractivity contribution in [2.75, 3.05) is 0 Å². The zero-order chi connectivity index (χ0) is 6.69. The molecule has 9 heavy (non-hydrogen) atoms. The first-order valence-corrected chi connectivity index (χ1v) is 3.15. The van der Waals surface area contributed by atoms with E-state index in [0.717, 1.165) is 6.42 Å². The van der Waals surface area contributed by atoms with Crippen molar-refractivity contribution in [3.05, 3.63) is 24.8 Å². The molecule has 0 aromatic heterocycles. The molecule has 0 radical (unpaired) electrons. The van der Waals surface area contributed by atoms with Crippen molar-refractivity contribution < 1.29 is 4.79 Å². The number of carbonyl (C=O) groups excluding carboxylic acids is 1. The predicted octanol–water partition coefficient (Wildman–Crippen LogP) is 1.71. The lowest BCUT2D eigenvalue weighted by atomic mass is 10.1. The van der Waals surface area contributed by atoms with Crippen LogP contribution in [0.25, 0.3) is 0 Å². The zero-order valence-electron chi connectivity index (χ0n) is 5.34. The van der Waals surface area contributed by atoms with Gasteiger partial charge in [-0.15, -0.1) is 6.58 Å². The molecular formula is C8H10O. The van der Waals surface area contributed by atoms with Crippen LogP contribution in [0.3, 0.4) is 0 Å². The minimum atomic E-state index is 0.252. The Labute approximate surface area is 55.1 Å². The molecule has 0 aliphatic heterocycles. The molecule has 0 aromatic rings. The molecule has 0 amide bonds. The highest BCUT2D eigenvalue weighted by Gasteiger charge is 2.13. The molecule has 0 spiro atoms. The van der Waals surface area contributed by atoms with Crippen LogP contribution in [0.1, 0.15) is 12.8 Å². The van der Waals surface area contributed by atoms with Gasteiger partial charge in [-0.25, -0.2) is 0 Å². The standard InChI is InChI=1S/C8H10O/c1-2-3-7-4-5-8(9)6-7/h2,4-5,7H,1,3,6H2/t7-/m1/s1. The second-order valence-electron chi connectivity index (χ2n) is 2.31. The summed E-state index contributed by atoms with van der Waals surface area (Å²) in [5.41, 5.74) is 0. The van der Waals surface area contributed by atoms with Crippen molar-refractivity contribution >= 4 is 5.78 Å². The lowest BCUT2D eigenvalue weighted by molar-refractivity contribution is -0.114. The van der Waals surface area contributed by atoms with E-state index in [-0.39, 0.29) is 5.78 Å². The zero-order valence-corrected chi connectivity index (χ0v) is 5.34. The van der Waals surface area contributed by atoms with Gasteiger partial charge in [0.15, 0.2) is 5.78 Å². The molecular weight excluding hydrogens is 112 g/mol. The normalized spacial score (nSPS) is 24.9. The van der Waals surface area contributed by atoms with E-state index in [0.29, 0.717) is 12.3 Å². The lowest BCUT2D eigenvalue weighted by Gasteiger charge is -1.98. The van der Waals surface area contributed by atoms with Crippen molar-refractivity contribution in [1.82, 2.24) is 0 Å². The number of carbonyl (C=O) groups is 1. The summed E-state index contributed by atoms with van der Waals surface area (Å²) in [6.45, 7) is 3.60. The topological polar surface area (TPSA) is 17.1 Å². The first-order chi connectivity index (χ1) is 4.33. The molecule has 1 nitrogen and oxygen atoms in total. The van der Waals surface area contributed by atoms with Crippen molar-refractivity contribution in [3.63, 3.8) is 0 Å². The molecule has 0 saturated carbocycles. The van der Waals surface area contributed by atoms with Crippen LogP contribution in [0, 0.1) is 5.92 Å². The minimum absolute atomic E-state index is 0.252. The van der Waals surface area contributed by atoms with Gasteiger partial charge in [0.05, 0.1) is 0 Å². The van der Waals surface area contributed by atoms with Gasteiger partial charge in [-0.3, -0.25) is 4.79 Å². The van der Waals surface area contributed by atoms with E-state index in [1.165, 1.54) is 0 Å². The van der Waals surface area contributed by atoms with Crippen LogP contribution in [0.5, 0.6) is 0 Å². The Morgan fingerprint density at radius 3 is 3.11 bits per heavy atom. The number of hydrogen-bond donors (Lipinski definition) is 0. The SMILES string of the molecule is C=CC[C@@H]1C=CC(=O)C1. The van der Waals surface area contributed by atoms with Crippen LogP contribution in [-0.2, 0) is 4.79 Å². The molecule has 1 atom stereocenters. The molecule has 0 N–H and O–H groups in total. The van der Waals surface area contributed by atoms with Gasteiger partial charge in [-0.2, -0.15) is 0 Å². The third kappa shape index (κ3) is 1.53. The first kappa shape index (κ1) is 6.27. The maximum absolute atomic E-state index is 10.6. The van der Waals surface area contributed by atoms with E-state index in [2.05, 4.69) is 6.58 Å². The van der Waals surface area contributed by atoms with Crippen LogP contribution < -0.4 is 0 Å². The predicted molar refractivity (Wildman–Crippen MR) is 37.1 cm³/mol. The van der Waals surface area contributed by atoms with Gasteiger partial charge in [0.1, 0.15) is 0 Å². The maximum atomic E-state index is 10.6. The molecule has 1 aliphatic rings. The fourth-order valence-corrected chi connectivity index (χ4v) is 1.01. The molecule has 0 heterocycles. The van der Waals surface area contributed by atoms with Crippen LogP contribution in [0.4, 0.5) is 0 Å². The highest BCUT2D eigenvalue weighted by molar-refractivity contribution is 5.92. The Balaban J connectivity index is 2.40. The Hall–Kier alpha value is -0.850. The third-order valence-electron chi connectivity index (χ3n) is 1.49. The lowest BCUT2D eigenvalue weighted by Crippen LogP contribution is -1.93. The third-order valence-corrected chi connectivity index (χ3v) is 1.49. The van der Waals surface area contributed by atoms with Gasteiger partial charge in [-0.05, 0) is 18.4 Å². The van der Waals surface area contributed by atoms with Crippen LogP contribution in [-0.4, -0.2) is 5.78 Å². The van der Waals surface area contributed by atoms with Gasteiger partial charge in [-0.1, -0.05) is 12.2 Å². The highest BCUT2D eigenvalue weighted by Crippen LogP contribution is 2.17. The van der Waals surface area contributed by atoms with Crippen molar-refractivity contribution in [2.24, 2.45) is 5.92 Å². The van der Waals surface area contributed by atoms with Gasteiger partial charge >= 0.3 is 0 Å². The summed E-state index contributed by atoms with van der Waals surface area (Å²) in [6, 6.07) is 0. The summed E-state index contributed by atoms with van der Waals surface area (Å²) in [6.07, 6.45) is 7.10. The monoisotopic (exact) mass is 122 g/mol. The quantitative estimate of drug-likeness (QED) is 0.509. The second kappa shape index (κ2) is 2.62. The smallest absolute Gasteiger partial charge is 0.155 e. The van der Waals surface area contributed by atoms with Crippen LogP contribution in [0.15, 0.2) is 24.8 Å². The first-order valence-electron chi connectivity index (χ1n) is 3.15. The molecule has 0 aromatic carbocycles. The molecule has 0 fully saturated rings. The summed E-state index contributed by atoms with van der Waals surface area (Å²) in [4.78, 5) is 10.6. The summed E-state index contributed by atoms with van der Waals surface area (Å²) in [7, 11) is 0. The van der Waals surface area contributed by atoms with E-state index in [9.17, 15) is 4.79 Å². The maximum Gasteiger partial charge on any atom is 0.155 e. The number of allylic oxidation sites excluding steroid dienone is 3. The number of rotatable bonds is 2. The fraction of sp³-hybridized carbons (Fsp3) is 0.375. The summed E-state index contributed by atoms with van der Waals surface area (Å²) >= 11 is 0. The number of hydrogen-bond acceptors (Lipinski definition) is 1. The average Bonchev–Trinajstić information content (AvgIpc) is 2.17. The molecule has 48 valence electrons. The summed E-state index contributed by atoms with van der Waals surface area (Å²) in [5, 5.41) is 0. The molecule has 0 saturated heterocycles. The average molecular weight is 122 g/mol. The number of ketones is 1.